The summed E-state index contributed by atoms with van der Waals surface area (Å²) in [5.41, 5.74) is 0.668. The van der Waals surface area contributed by atoms with Crippen LogP contribution in [-0.4, -0.2) is 16.3 Å². The van der Waals surface area contributed by atoms with Crippen LogP contribution in [0.3, 0.4) is 0 Å². The molecule has 0 radical (unpaired) electrons. The van der Waals surface area contributed by atoms with Crippen molar-refractivity contribution in [1.82, 2.24) is 9.97 Å². The minimum Gasteiger partial charge on any atom is -0.406 e. The second kappa shape index (κ2) is 9.05. The molecule has 4 aromatic rings. The lowest BCUT2D eigenvalue weighted by Crippen LogP contribution is -2.16. The molecule has 4 rings (SSSR count). The fraction of sp³-hybridized carbons (Fsp3) is 0.0833. The first kappa shape index (κ1) is 23.1. The molecular formula is C24H15F6N3O. The number of nitrogens with one attached hydrogen (secondary N) is 1. The van der Waals surface area contributed by atoms with Crippen molar-refractivity contribution in [3.63, 3.8) is 0 Å². The fourth-order valence-corrected chi connectivity index (χ4v) is 3.12. The third kappa shape index (κ3) is 5.83. The zero-order chi connectivity index (χ0) is 24.3. The van der Waals surface area contributed by atoms with Gasteiger partial charge in [0, 0.05) is 22.9 Å². The van der Waals surface area contributed by atoms with Crippen molar-refractivity contribution >= 4 is 11.5 Å². The standard InChI is InChI=1S/C24H15F6N3O/c25-23(26,27)17-8-4-7-16(13-17)20-14-21(33-22(32-20)15-5-2-1-3-6-15)31-18-9-11-19(12-10-18)34-24(28,29)30/h1-14H,(H,31,32,33). The van der Waals surface area contributed by atoms with Crippen molar-refractivity contribution in [2.45, 2.75) is 12.5 Å². The lowest BCUT2D eigenvalue weighted by Gasteiger charge is -2.13. The number of hydrogen-bond acceptors (Lipinski definition) is 4. The summed E-state index contributed by atoms with van der Waals surface area (Å²) >= 11 is 0. The van der Waals surface area contributed by atoms with E-state index in [2.05, 4.69) is 20.0 Å². The third-order valence-electron chi connectivity index (χ3n) is 4.60. The first-order valence-electron chi connectivity index (χ1n) is 9.82. The van der Waals surface area contributed by atoms with Crippen LogP contribution in [-0.2, 0) is 6.18 Å². The Hall–Kier alpha value is -4.08. The van der Waals surface area contributed by atoms with Crippen molar-refractivity contribution in [1.29, 1.82) is 0 Å². The second-order valence-corrected chi connectivity index (χ2v) is 7.10. The highest BCUT2D eigenvalue weighted by Gasteiger charge is 2.31. The lowest BCUT2D eigenvalue weighted by molar-refractivity contribution is -0.274. The summed E-state index contributed by atoms with van der Waals surface area (Å²) in [6, 6.07) is 20.0. The van der Waals surface area contributed by atoms with Crippen LogP contribution in [0.2, 0.25) is 0 Å². The molecule has 0 aliphatic rings. The van der Waals surface area contributed by atoms with Gasteiger partial charge in [-0.05, 0) is 36.4 Å². The molecule has 1 aromatic heterocycles. The third-order valence-corrected chi connectivity index (χ3v) is 4.60. The van der Waals surface area contributed by atoms with E-state index in [0.29, 0.717) is 11.3 Å². The van der Waals surface area contributed by atoms with Gasteiger partial charge in [-0.3, -0.25) is 0 Å². The van der Waals surface area contributed by atoms with E-state index in [1.165, 1.54) is 30.3 Å². The van der Waals surface area contributed by atoms with Crippen LogP contribution in [0.5, 0.6) is 5.75 Å². The molecule has 0 amide bonds. The van der Waals surface area contributed by atoms with Crippen LogP contribution in [0.1, 0.15) is 5.56 Å². The van der Waals surface area contributed by atoms with E-state index in [1.54, 1.807) is 30.3 Å². The number of hydrogen-bond donors (Lipinski definition) is 1. The summed E-state index contributed by atoms with van der Waals surface area (Å²) in [5, 5.41) is 2.95. The van der Waals surface area contributed by atoms with Gasteiger partial charge in [-0.25, -0.2) is 9.97 Å². The van der Waals surface area contributed by atoms with Gasteiger partial charge in [-0.2, -0.15) is 13.2 Å². The van der Waals surface area contributed by atoms with Crippen LogP contribution < -0.4 is 10.1 Å². The van der Waals surface area contributed by atoms with Gasteiger partial charge >= 0.3 is 12.5 Å². The summed E-state index contributed by atoms with van der Waals surface area (Å²) in [5.74, 6) is 0.108. The van der Waals surface area contributed by atoms with Crippen molar-refractivity contribution in [2.75, 3.05) is 5.32 Å². The van der Waals surface area contributed by atoms with Crippen LogP contribution in [0.25, 0.3) is 22.6 Å². The zero-order valence-corrected chi connectivity index (χ0v) is 17.2. The number of halogens is 6. The minimum absolute atomic E-state index is 0.228. The van der Waals surface area contributed by atoms with Crippen molar-refractivity contribution in [3.8, 4) is 28.4 Å². The van der Waals surface area contributed by atoms with Gasteiger partial charge in [0.15, 0.2) is 5.82 Å². The SMILES string of the molecule is FC(F)(F)Oc1ccc(Nc2cc(-c3cccc(C(F)(F)F)c3)nc(-c3ccccc3)n2)cc1. The Bertz CT molecular complexity index is 1270. The summed E-state index contributed by atoms with van der Waals surface area (Å²) in [6.07, 6.45) is -9.33. The summed E-state index contributed by atoms with van der Waals surface area (Å²) in [6.45, 7) is 0. The van der Waals surface area contributed by atoms with Gasteiger partial charge in [0.25, 0.3) is 0 Å². The number of anilines is 2. The van der Waals surface area contributed by atoms with Gasteiger partial charge in [-0.15, -0.1) is 13.2 Å². The maximum absolute atomic E-state index is 13.2. The Balaban J connectivity index is 1.72. The van der Waals surface area contributed by atoms with Crippen LogP contribution in [0.15, 0.2) is 84.9 Å². The highest BCUT2D eigenvalue weighted by Crippen LogP contribution is 2.33. The van der Waals surface area contributed by atoms with E-state index < -0.39 is 23.9 Å². The largest absolute Gasteiger partial charge is 0.573 e. The number of alkyl halides is 6. The van der Waals surface area contributed by atoms with Crippen LogP contribution in [0.4, 0.5) is 37.8 Å². The van der Waals surface area contributed by atoms with Crippen LogP contribution in [0, 0.1) is 0 Å². The van der Waals surface area contributed by atoms with Crippen molar-refractivity contribution < 1.29 is 31.1 Å². The number of aromatic nitrogens is 2. The Morgan fingerprint density at radius 3 is 2.00 bits per heavy atom. The molecule has 4 nitrogen and oxygen atoms in total. The van der Waals surface area contributed by atoms with Crippen LogP contribution >= 0.6 is 0 Å². The molecular weight excluding hydrogens is 460 g/mol. The Morgan fingerprint density at radius 1 is 0.676 bits per heavy atom. The van der Waals surface area contributed by atoms with Gasteiger partial charge in [0.1, 0.15) is 11.6 Å². The van der Waals surface area contributed by atoms with Gasteiger partial charge < -0.3 is 10.1 Å². The van der Waals surface area contributed by atoms with Crippen molar-refractivity contribution in [3.05, 3.63) is 90.5 Å². The molecule has 0 unspecified atom stereocenters. The average Bonchev–Trinajstić information content (AvgIpc) is 2.79. The monoisotopic (exact) mass is 475 g/mol. The van der Waals surface area contributed by atoms with Gasteiger partial charge in [-0.1, -0.05) is 42.5 Å². The molecule has 0 saturated carbocycles. The summed E-state index contributed by atoms with van der Waals surface area (Å²) < 4.78 is 80.6. The molecule has 34 heavy (non-hydrogen) atoms. The molecule has 1 heterocycles. The second-order valence-electron chi connectivity index (χ2n) is 7.10. The Morgan fingerprint density at radius 2 is 1.35 bits per heavy atom. The average molecular weight is 475 g/mol. The predicted octanol–water partition coefficient (Wildman–Crippen LogP) is 7.47. The highest BCUT2D eigenvalue weighted by molar-refractivity contribution is 5.70. The predicted molar refractivity (Wildman–Crippen MR) is 114 cm³/mol. The molecule has 1 N–H and O–H groups in total. The Kier molecular flexibility index (Phi) is 6.14. The molecule has 0 bridgehead atoms. The number of ether oxygens (including phenoxy) is 1. The topological polar surface area (TPSA) is 47.0 Å². The molecule has 0 fully saturated rings. The van der Waals surface area contributed by atoms with E-state index in [1.807, 2.05) is 0 Å². The normalized spacial score (nSPS) is 11.8. The summed E-state index contributed by atoms with van der Waals surface area (Å²) in [7, 11) is 0. The van der Waals surface area contributed by atoms with Gasteiger partial charge in [0.05, 0.1) is 11.3 Å². The molecule has 0 aliphatic heterocycles. The maximum Gasteiger partial charge on any atom is 0.573 e. The molecule has 10 heteroatoms. The van der Waals surface area contributed by atoms with E-state index in [9.17, 15) is 26.3 Å². The molecule has 0 atom stereocenters. The van der Waals surface area contributed by atoms with Crippen molar-refractivity contribution in [2.24, 2.45) is 0 Å². The van der Waals surface area contributed by atoms with E-state index in [4.69, 9.17) is 0 Å². The fourth-order valence-electron chi connectivity index (χ4n) is 3.12. The van der Waals surface area contributed by atoms with E-state index in [0.717, 1.165) is 24.3 Å². The first-order chi connectivity index (χ1) is 16.1. The van der Waals surface area contributed by atoms with Gasteiger partial charge in [0.2, 0.25) is 0 Å². The number of benzene rings is 3. The molecule has 0 spiro atoms. The van der Waals surface area contributed by atoms with E-state index >= 15 is 0 Å². The molecule has 174 valence electrons. The minimum atomic E-state index is -4.81. The Labute approximate surface area is 189 Å². The molecule has 3 aromatic carbocycles. The smallest absolute Gasteiger partial charge is 0.406 e. The molecule has 0 saturated heterocycles. The highest BCUT2D eigenvalue weighted by atomic mass is 19.4. The summed E-state index contributed by atoms with van der Waals surface area (Å²) in [4.78, 5) is 8.85. The zero-order valence-electron chi connectivity index (χ0n) is 17.2. The van der Waals surface area contributed by atoms with E-state index in [-0.39, 0.29) is 22.9 Å². The number of nitrogens with zero attached hydrogens (tertiary/aromatic N) is 2. The molecule has 0 aliphatic carbocycles. The number of rotatable bonds is 5. The quantitative estimate of drug-likeness (QED) is 0.304. The first-order valence-corrected chi connectivity index (χ1v) is 9.82. The lowest BCUT2D eigenvalue weighted by atomic mass is 10.1. The maximum atomic E-state index is 13.2.